The van der Waals surface area contributed by atoms with Crippen LogP contribution in [0.3, 0.4) is 0 Å². The Morgan fingerprint density at radius 3 is 2.38 bits per heavy atom. The fourth-order valence-corrected chi connectivity index (χ4v) is 3.26. The predicted molar refractivity (Wildman–Crippen MR) is 98.2 cm³/mol. The standard InChI is InChI=1S/C18H18F3N3O4S/c19-18(20,21)14-2-5-15(6-3-14)28-16-4-1-12-7-8-24(11-13(12)9-16)17(25)10-23-29(22,26)27/h1-6,9,23H,7-8,10-11H2,(H2,22,26,27). The summed E-state index contributed by atoms with van der Waals surface area (Å²) in [5.41, 5.74) is 1.05. The number of ether oxygens (including phenoxy) is 1. The number of alkyl halides is 3. The molecule has 1 aliphatic heterocycles. The minimum Gasteiger partial charge on any atom is -0.457 e. The first kappa shape index (κ1) is 21.1. The van der Waals surface area contributed by atoms with Crippen molar-refractivity contribution >= 4 is 16.1 Å². The molecule has 3 rings (SSSR count). The first-order valence-electron chi connectivity index (χ1n) is 8.53. The lowest BCUT2D eigenvalue weighted by Crippen LogP contribution is -2.44. The Bertz CT molecular complexity index is 1010. The van der Waals surface area contributed by atoms with Crippen LogP contribution in [0.15, 0.2) is 42.5 Å². The van der Waals surface area contributed by atoms with Gasteiger partial charge in [-0.3, -0.25) is 4.79 Å². The lowest BCUT2D eigenvalue weighted by atomic mass is 9.99. The lowest BCUT2D eigenvalue weighted by molar-refractivity contribution is -0.137. The Morgan fingerprint density at radius 1 is 1.10 bits per heavy atom. The van der Waals surface area contributed by atoms with Gasteiger partial charge in [0, 0.05) is 13.1 Å². The molecule has 0 saturated heterocycles. The largest absolute Gasteiger partial charge is 0.457 e. The van der Waals surface area contributed by atoms with E-state index in [4.69, 9.17) is 9.88 Å². The summed E-state index contributed by atoms with van der Waals surface area (Å²) in [6.45, 7) is 0.248. The van der Waals surface area contributed by atoms with Gasteiger partial charge < -0.3 is 9.64 Å². The van der Waals surface area contributed by atoms with Crippen LogP contribution in [0.5, 0.6) is 11.5 Å². The highest BCUT2D eigenvalue weighted by Crippen LogP contribution is 2.32. The van der Waals surface area contributed by atoms with Gasteiger partial charge in [-0.05, 0) is 53.9 Å². The monoisotopic (exact) mass is 429 g/mol. The zero-order valence-corrected chi connectivity index (χ0v) is 15.9. The van der Waals surface area contributed by atoms with Crippen LogP contribution in [-0.2, 0) is 34.1 Å². The molecular weight excluding hydrogens is 411 g/mol. The normalized spacial score (nSPS) is 14.4. The van der Waals surface area contributed by atoms with E-state index in [2.05, 4.69) is 0 Å². The summed E-state index contributed by atoms with van der Waals surface area (Å²) in [6, 6.07) is 9.59. The number of carbonyl (C=O) groups excluding carboxylic acids is 1. The number of rotatable bonds is 5. The quantitative estimate of drug-likeness (QED) is 0.761. The number of nitrogens with zero attached hydrogens (tertiary/aromatic N) is 1. The van der Waals surface area contributed by atoms with Gasteiger partial charge in [0.2, 0.25) is 5.91 Å². The Kier molecular flexibility index (Phi) is 5.82. The second-order valence-corrected chi connectivity index (χ2v) is 7.86. The summed E-state index contributed by atoms with van der Waals surface area (Å²) in [5.74, 6) is 0.248. The van der Waals surface area contributed by atoms with E-state index >= 15 is 0 Å². The Labute approximate surface area is 165 Å². The molecule has 0 saturated carbocycles. The van der Waals surface area contributed by atoms with E-state index in [-0.39, 0.29) is 12.3 Å². The van der Waals surface area contributed by atoms with Crippen LogP contribution in [0, 0.1) is 0 Å². The van der Waals surface area contributed by atoms with Crippen molar-refractivity contribution < 1.29 is 31.1 Å². The van der Waals surface area contributed by atoms with Crippen molar-refractivity contribution in [3.05, 3.63) is 59.2 Å². The van der Waals surface area contributed by atoms with Gasteiger partial charge in [-0.25, -0.2) is 5.14 Å². The summed E-state index contributed by atoms with van der Waals surface area (Å²) in [5, 5.41) is 4.83. The fraction of sp³-hybridized carbons (Fsp3) is 0.278. The Hall–Kier alpha value is -2.63. The van der Waals surface area contributed by atoms with Crippen LogP contribution in [0.4, 0.5) is 13.2 Å². The van der Waals surface area contributed by atoms with Crippen molar-refractivity contribution in [1.29, 1.82) is 0 Å². The van der Waals surface area contributed by atoms with Crippen molar-refractivity contribution in [2.75, 3.05) is 13.1 Å². The third kappa shape index (κ3) is 5.68. The molecule has 0 aliphatic carbocycles. The number of nitrogens with one attached hydrogen (secondary N) is 1. The lowest BCUT2D eigenvalue weighted by Gasteiger charge is -2.29. The number of carbonyl (C=O) groups is 1. The number of hydrogen-bond acceptors (Lipinski definition) is 4. The number of nitrogens with two attached hydrogens (primary N) is 1. The zero-order chi connectivity index (χ0) is 21.2. The average Bonchev–Trinajstić information content (AvgIpc) is 2.64. The van der Waals surface area contributed by atoms with Crippen LogP contribution < -0.4 is 14.6 Å². The maximum absolute atomic E-state index is 12.6. The third-order valence-electron chi connectivity index (χ3n) is 4.38. The fourth-order valence-electron chi connectivity index (χ4n) is 2.93. The molecule has 1 aliphatic rings. The summed E-state index contributed by atoms with van der Waals surface area (Å²) in [6.07, 6.45) is -3.84. The van der Waals surface area contributed by atoms with Gasteiger partial charge in [-0.2, -0.15) is 26.3 Å². The second-order valence-electron chi connectivity index (χ2n) is 6.49. The number of fused-ring (bicyclic) bond motifs is 1. The van der Waals surface area contributed by atoms with Gasteiger partial charge in [0.25, 0.3) is 10.2 Å². The number of amides is 1. The maximum Gasteiger partial charge on any atom is 0.416 e. The first-order chi connectivity index (χ1) is 13.5. The predicted octanol–water partition coefficient (Wildman–Crippen LogP) is 2.18. The van der Waals surface area contributed by atoms with Gasteiger partial charge in [0.05, 0.1) is 12.1 Å². The Morgan fingerprint density at radius 2 is 1.76 bits per heavy atom. The van der Waals surface area contributed by atoms with Crippen molar-refractivity contribution in [2.24, 2.45) is 5.14 Å². The van der Waals surface area contributed by atoms with E-state index in [1.807, 2.05) is 10.8 Å². The number of benzene rings is 2. The third-order valence-corrected chi connectivity index (χ3v) is 4.93. The summed E-state index contributed by atoms with van der Waals surface area (Å²) < 4.78 is 67.4. The minimum absolute atomic E-state index is 0.249. The molecule has 3 N–H and O–H groups in total. The van der Waals surface area contributed by atoms with Gasteiger partial charge in [-0.15, -0.1) is 0 Å². The molecule has 0 atom stereocenters. The van der Waals surface area contributed by atoms with Crippen molar-refractivity contribution in [3.63, 3.8) is 0 Å². The van der Waals surface area contributed by atoms with Crippen molar-refractivity contribution in [3.8, 4) is 11.5 Å². The summed E-state index contributed by atoms with van der Waals surface area (Å²) in [7, 11) is -3.96. The SMILES string of the molecule is NS(=O)(=O)NCC(=O)N1CCc2ccc(Oc3ccc(C(F)(F)F)cc3)cc2C1. The zero-order valence-electron chi connectivity index (χ0n) is 15.1. The smallest absolute Gasteiger partial charge is 0.416 e. The average molecular weight is 429 g/mol. The molecule has 2 aromatic rings. The van der Waals surface area contributed by atoms with E-state index in [9.17, 15) is 26.4 Å². The minimum atomic E-state index is -4.42. The van der Waals surface area contributed by atoms with Crippen molar-refractivity contribution in [2.45, 2.75) is 19.1 Å². The van der Waals surface area contributed by atoms with Crippen LogP contribution >= 0.6 is 0 Å². The molecular formula is C18H18F3N3O4S. The topological polar surface area (TPSA) is 102 Å². The molecule has 0 aromatic heterocycles. The molecule has 1 heterocycles. The highest BCUT2D eigenvalue weighted by Gasteiger charge is 2.30. The molecule has 0 unspecified atom stereocenters. The summed E-state index contributed by atoms with van der Waals surface area (Å²) in [4.78, 5) is 13.7. The molecule has 0 bridgehead atoms. The van der Waals surface area contributed by atoms with Gasteiger partial charge in [-0.1, -0.05) is 6.07 Å². The molecule has 0 radical (unpaired) electrons. The second kappa shape index (κ2) is 8.01. The van der Waals surface area contributed by atoms with Crippen LogP contribution in [0.2, 0.25) is 0 Å². The number of halogens is 3. The molecule has 7 nitrogen and oxygen atoms in total. The van der Waals surface area contributed by atoms with Crippen LogP contribution in [0.1, 0.15) is 16.7 Å². The highest BCUT2D eigenvalue weighted by atomic mass is 32.2. The molecule has 0 fully saturated rings. The maximum atomic E-state index is 12.6. The Balaban J connectivity index is 1.68. The van der Waals surface area contributed by atoms with E-state index in [1.165, 1.54) is 17.0 Å². The molecule has 156 valence electrons. The van der Waals surface area contributed by atoms with Crippen molar-refractivity contribution in [1.82, 2.24) is 9.62 Å². The molecule has 1 amide bonds. The van der Waals surface area contributed by atoms with Crippen LogP contribution in [0.25, 0.3) is 0 Å². The molecule has 2 aromatic carbocycles. The van der Waals surface area contributed by atoms with Gasteiger partial charge in [0.15, 0.2) is 0 Å². The van der Waals surface area contributed by atoms with E-state index in [0.717, 1.165) is 23.3 Å². The van der Waals surface area contributed by atoms with Crippen LogP contribution in [-0.4, -0.2) is 32.3 Å². The molecule has 29 heavy (non-hydrogen) atoms. The van der Waals surface area contributed by atoms with Gasteiger partial charge >= 0.3 is 6.18 Å². The highest BCUT2D eigenvalue weighted by molar-refractivity contribution is 7.87. The molecule has 11 heteroatoms. The van der Waals surface area contributed by atoms with E-state index in [0.29, 0.717) is 18.7 Å². The van der Waals surface area contributed by atoms with Gasteiger partial charge in [0.1, 0.15) is 11.5 Å². The molecule has 0 spiro atoms. The number of hydrogen-bond donors (Lipinski definition) is 2. The first-order valence-corrected chi connectivity index (χ1v) is 10.1. The van der Waals surface area contributed by atoms with E-state index < -0.39 is 34.4 Å². The van der Waals surface area contributed by atoms with E-state index in [1.54, 1.807) is 12.1 Å². The summed E-state index contributed by atoms with van der Waals surface area (Å²) >= 11 is 0.